The van der Waals surface area contributed by atoms with Crippen LogP contribution in [0.2, 0.25) is 0 Å². The first-order valence-electron chi connectivity index (χ1n) is 9.21. The average Bonchev–Trinajstić information content (AvgIpc) is 2.87. The summed E-state index contributed by atoms with van der Waals surface area (Å²) >= 11 is 0. The van der Waals surface area contributed by atoms with Crippen molar-refractivity contribution in [2.75, 3.05) is 18.4 Å². The van der Waals surface area contributed by atoms with Gasteiger partial charge in [0.05, 0.1) is 10.6 Å². The molecule has 152 valence electrons. The molecule has 1 heterocycles. The van der Waals surface area contributed by atoms with Crippen molar-refractivity contribution in [3.8, 4) is 0 Å². The number of nitrogens with zero attached hydrogens (tertiary/aromatic N) is 3. The van der Waals surface area contributed by atoms with Crippen LogP contribution >= 0.6 is 0 Å². The van der Waals surface area contributed by atoms with Gasteiger partial charge in [-0.15, -0.1) is 0 Å². The Morgan fingerprint density at radius 1 is 1.21 bits per heavy atom. The first kappa shape index (κ1) is 21.8. The van der Waals surface area contributed by atoms with E-state index in [9.17, 15) is 13.2 Å². The molecule has 0 radical (unpaired) electrons. The molecule has 0 saturated heterocycles. The molecular formula is C20H28N4O3S. The van der Waals surface area contributed by atoms with Crippen molar-refractivity contribution in [1.29, 1.82) is 0 Å². The van der Waals surface area contributed by atoms with Crippen LogP contribution in [0.5, 0.6) is 0 Å². The van der Waals surface area contributed by atoms with Gasteiger partial charge in [-0.1, -0.05) is 19.9 Å². The number of carbonyl (C=O) groups excluding carboxylic acids is 1. The van der Waals surface area contributed by atoms with Crippen LogP contribution in [0.1, 0.15) is 36.4 Å². The second kappa shape index (κ2) is 8.70. The van der Waals surface area contributed by atoms with Crippen LogP contribution in [0.15, 0.2) is 29.2 Å². The van der Waals surface area contributed by atoms with E-state index in [0.29, 0.717) is 24.3 Å². The molecule has 2 aromatic rings. The molecule has 0 bridgehead atoms. The highest BCUT2D eigenvalue weighted by Crippen LogP contribution is 2.24. The van der Waals surface area contributed by atoms with Crippen molar-refractivity contribution in [1.82, 2.24) is 14.1 Å². The molecule has 1 aromatic carbocycles. The van der Waals surface area contributed by atoms with Gasteiger partial charge in [0.2, 0.25) is 15.9 Å². The van der Waals surface area contributed by atoms with E-state index in [2.05, 4.69) is 10.4 Å². The lowest BCUT2D eigenvalue weighted by molar-refractivity contribution is -0.111. The fourth-order valence-electron chi connectivity index (χ4n) is 3.03. The zero-order chi connectivity index (χ0) is 21.1. The Kier molecular flexibility index (Phi) is 6.79. The van der Waals surface area contributed by atoms with Crippen LogP contribution in [0, 0.1) is 20.8 Å². The van der Waals surface area contributed by atoms with Gasteiger partial charge in [0.1, 0.15) is 0 Å². The maximum atomic E-state index is 12.8. The first-order valence-corrected chi connectivity index (χ1v) is 10.7. The highest BCUT2D eigenvalue weighted by atomic mass is 32.2. The zero-order valence-corrected chi connectivity index (χ0v) is 18.1. The minimum atomic E-state index is -3.60. The van der Waals surface area contributed by atoms with Crippen molar-refractivity contribution < 1.29 is 13.2 Å². The third-order valence-electron chi connectivity index (χ3n) is 4.75. The number of rotatable bonds is 7. The van der Waals surface area contributed by atoms with Gasteiger partial charge >= 0.3 is 0 Å². The van der Waals surface area contributed by atoms with Crippen LogP contribution in [0.3, 0.4) is 0 Å². The number of hydrogen-bond donors (Lipinski definition) is 1. The summed E-state index contributed by atoms with van der Waals surface area (Å²) in [6, 6.07) is 4.91. The number of amides is 1. The molecule has 0 unspecified atom stereocenters. The quantitative estimate of drug-likeness (QED) is 0.719. The van der Waals surface area contributed by atoms with Gasteiger partial charge in [0, 0.05) is 43.2 Å². The van der Waals surface area contributed by atoms with Crippen molar-refractivity contribution in [3.63, 3.8) is 0 Å². The number of anilines is 1. The normalized spacial score (nSPS) is 12.1. The van der Waals surface area contributed by atoms with Gasteiger partial charge in [0.15, 0.2) is 0 Å². The number of carbonyl (C=O) groups is 1. The van der Waals surface area contributed by atoms with E-state index in [-0.39, 0.29) is 10.8 Å². The van der Waals surface area contributed by atoms with E-state index >= 15 is 0 Å². The predicted molar refractivity (Wildman–Crippen MR) is 112 cm³/mol. The molecule has 0 spiro atoms. The van der Waals surface area contributed by atoms with Crippen LogP contribution < -0.4 is 5.32 Å². The Morgan fingerprint density at radius 2 is 1.86 bits per heavy atom. The van der Waals surface area contributed by atoms with E-state index in [4.69, 9.17) is 0 Å². The van der Waals surface area contributed by atoms with Crippen molar-refractivity contribution >= 4 is 27.7 Å². The Morgan fingerprint density at radius 3 is 2.39 bits per heavy atom. The molecule has 7 nitrogen and oxygen atoms in total. The van der Waals surface area contributed by atoms with Crippen LogP contribution in [0.4, 0.5) is 5.69 Å². The molecule has 0 aliphatic rings. The number of sulfonamides is 1. The molecule has 0 aliphatic carbocycles. The number of aryl methyl sites for hydroxylation is 3. The van der Waals surface area contributed by atoms with Crippen LogP contribution in [0.25, 0.3) is 6.08 Å². The summed E-state index contributed by atoms with van der Waals surface area (Å²) in [7, 11) is -1.75. The molecule has 1 amide bonds. The molecule has 28 heavy (non-hydrogen) atoms. The molecule has 1 N–H and O–H groups in total. The third kappa shape index (κ3) is 4.51. The number of aromatic nitrogens is 2. The van der Waals surface area contributed by atoms with Gasteiger partial charge in [-0.2, -0.15) is 9.40 Å². The minimum absolute atomic E-state index is 0.205. The van der Waals surface area contributed by atoms with E-state index in [1.807, 2.05) is 20.9 Å². The van der Waals surface area contributed by atoms with E-state index < -0.39 is 10.0 Å². The second-order valence-electron chi connectivity index (χ2n) is 6.60. The average molecular weight is 405 g/mol. The Bertz CT molecular complexity index is 1000. The van der Waals surface area contributed by atoms with Gasteiger partial charge in [0.25, 0.3) is 0 Å². The van der Waals surface area contributed by atoms with E-state index in [1.165, 1.54) is 16.4 Å². The van der Waals surface area contributed by atoms with Gasteiger partial charge in [-0.05, 0) is 44.5 Å². The van der Waals surface area contributed by atoms with E-state index in [1.54, 1.807) is 43.7 Å². The molecule has 1 aromatic heterocycles. The molecule has 0 aliphatic heterocycles. The summed E-state index contributed by atoms with van der Waals surface area (Å²) in [5, 5.41) is 7.05. The van der Waals surface area contributed by atoms with Gasteiger partial charge in [-0.25, -0.2) is 8.42 Å². The van der Waals surface area contributed by atoms with Crippen molar-refractivity contribution in [2.24, 2.45) is 7.05 Å². The van der Waals surface area contributed by atoms with Crippen LogP contribution in [-0.2, 0) is 21.9 Å². The third-order valence-corrected chi connectivity index (χ3v) is 6.94. The van der Waals surface area contributed by atoms with Crippen molar-refractivity contribution in [3.05, 3.63) is 46.8 Å². The van der Waals surface area contributed by atoms with Gasteiger partial charge < -0.3 is 5.32 Å². The maximum Gasteiger partial charge on any atom is 0.248 e. The molecule has 0 atom stereocenters. The fraction of sp³-hybridized carbons (Fsp3) is 0.400. The highest BCUT2D eigenvalue weighted by Gasteiger charge is 2.24. The standard InChI is InChI=1S/C20H28N4O3S/c1-7-24(8-2)28(26,27)19-13-17(10-9-14(19)3)21-20(25)12-11-18-15(4)22-23(6)16(18)5/h9-13H,7-8H2,1-6H3,(H,21,25)/b12-11+. The zero-order valence-electron chi connectivity index (χ0n) is 17.3. The lowest BCUT2D eigenvalue weighted by Crippen LogP contribution is -2.31. The lowest BCUT2D eigenvalue weighted by atomic mass is 10.2. The van der Waals surface area contributed by atoms with Gasteiger partial charge in [-0.3, -0.25) is 9.48 Å². The highest BCUT2D eigenvalue weighted by molar-refractivity contribution is 7.89. The summed E-state index contributed by atoms with van der Waals surface area (Å²) < 4.78 is 28.8. The second-order valence-corrected chi connectivity index (χ2v) is 8.51. The molecule has 2 rings (SSSR count). The summed E-state index contributed by atoms with van der Waals surface area (Å²) in [5.74, 6) is -0.335. The number of nitrogens with one attached hydrogen (secondary N) is 1. The Hall–Kier alpha value is -2.45. The topological polar surface area (TPSA) is 84.3 Å². The molecule has 8 heteroatoms. The molecule has 0 saturated carbocycles. The Labute approximate surface area is 167 Å². The van der Waals surface area contributed by atoms with E-state index in [0.717, 1.165) is 17.0 Å². The summed E-state index contributed by atoms with van der Waals surface area (Å²) in [6.45, 7) is 9.94. The predicted octanol–water partition coefficient (Wildman–Crippen LogP) is 3.03. The SMILES string of the molecule is CCN(CC)S(=O)(=O)c1cc(NC(=O)/C=C/c2c(C)nn(C)c2C)ccc1C. The monoisotopic (exact) mass is 404 g/mol. The van der Waals surface area contributed by atoms with Crippen molar-refractivity contribution in [2.45, 2.75) is 39.5 Å². The number of hydrogen-bond acceptors (Lipinski definition) is 4. The Balaban J connectivity index is 2.25. The number of benzene rings is 1. The summed E-state index contributed by atoms with van der Waals surface area (Å²) in [4.78, 5) is 12.5. The maximum absolute atomic E-state index is 12.8. The summed E-state index contributed by atoms with van der Waals surface area (Å²) in [5.41, 5.74) is 3.77. The first-order chi connectivity index (χ1) is 13.1. The lowest BCUT2D eigenvalue weighted by Gasteiger charge is -2.20. The largest absolute Gasteiger partial charge is 0.322 e. The van der Waals surface area contributed by atoms with Crippen LogP contribution in [-0.4, -0.2) is 41.5 Å². The molecular weight excluding hydrogens is 376 g/mol. The smallest absolute Gasteiger partial charge is 0.248 e. The summed E-state index contributed by atoms with van der Waals surface area (Å²) in [6.07, 6.45) is 3.14. The fourth-order valence-corrected chi connectivity index (χ4v) is 4.74. The minimum Gasteiger partial charge on any atom is -0.322 e. The molecule has 0 fully saturated rings.